The maximum absolute atomic E-state index is 14.3. The van der Waals surface area contributed by atoms with Crippen LogP contribution in [0.3, 0.4) is 0 Å². The zero-order valence-corrected chi connectivity index (χ0v) is 18.6. The summed E-state index contributed by atoms with van der Waals surface area (Å²) in [5.74, 6) is -0.651. The Morgan fingerprint density at radius 1 is 0.853 bits per heavy atom. The number of hydrogen-bond donors (Lipinski definition) is 1. The second kappa shape index (κ2) is 9.90. The predicted octanol–water partition coefficient (Wildman–Crippen LogP) is 6.34. The van der Waals surface area contributed by atoms with Gasteiger partial charge in [0.05, 0.1) is 5.75 Å². The summed E-state index contributed by atoms with van der Waals surface area (Å²) in [6.07, 6.45) is -4.37. The van der Waals surface area contributed by atoms with Crippen LogP contribution in [0, 0.1) is 5.82 Å². The second-order valence-electron chi connectivity index (χ2n) is 7.70. The van der Waals surface area contributed by atoms with Crippen LogP contribution in [0.4, 0.5) is 17.6 Å². The number of nitrogens with zero attached hydrogens (tertiary/aromatic N) is 2. The lowest BCUT2D eigenvalue weighted by atomic mass is 9.98. The Hall–Kier alpha value is -3.30. The summed E-state index contributed by atoms with van der Waals surface area (Å²) in [6, 6.07) is 20.3. The quantitative estimate of drug-likeness (QED) is 0.244. The third-order valence-electron chi connectivity index (χ3n) is 5.33. The first-order chi connectivity index (χ1) is 16.2. The van der Waals surface area contributed by atoms with Crippen molar-refractivity contribution in [3.05, 3.63) is 102 Å². The molecule has 0 bridgehead atoms. The van der Waals surface area contributed by atoms with Gasteiger partial charge in [0.1, 0.15) is 11.5 Å². The van der Waals surface area contributed by atoms with E-state index in [1.165, 1.54) is 12.1 Å². The Morgan fingerprint density at radius 2 is 1.47 bits per heavy atom. The number of hydrogen-bond acceptors (Lipinski definition) is 2. The summed E-state index contributed by atoms with van der Waals surface area (Å²) in [5.41, 5.74) is 1.09. The molecular weight excluding hydrogens is 468 g/mol. The number of halogens is 4. The van der Waals surface area contributed by atoms with E-state index < -0.39 is 28.8 Å². The summed E-state index contributed by atoms with van der Waals surface area (Å²) in [6.45, 7) is -0.00533. The van der Waals surface area contributed by atoms with E-state index in [0.29, 0.717) is 17.5 Å². The Kier molecular flexibility index (Phi) is 6.95. The van der Waals surface area contributed by atoms with Crippen molar-refractivity contribution < 1.29 is 26.3 Å². The lowest BCUT2D eigenvalue weighted by Gasteiger charge is -2.13. The molecule has 1 unspecified atom stereocenters. The highest BCUT2D eigenvalue weighted by Gasteiger charge is 2.40. The molecule has 0 aliphatic heterocycles. The number of alkyl halides is 3. The average molecular weight is 489 g/mol. The fraction of sp³-hybridized carbons (Fsp3) is 0.160. The van der Waals surface area contributed by atoms with Gasteiger partial charge in [0.25, 0.3) is 0 Å². The summed E-state index contributed by atoms with van der Waals surface area (Å²) in [7, 11) is 0. The third-order valence-corrected chi connectivity index (χ3v) is 5.91. The highest BCUT2D eigenvalue weighted by molar-refractivity contribution is 7.78. The Labute approximate surface area is 196 Å². The van der Waals surface area contributed by atoms with E-state index >= 15 is 0 Å². The smallest absolute Gasteiger partial charge is 0.306 e. The Morgan fingerprint density at radius 3 is 2.06 bits per heavy atom. The van der Waals surface area contributed by atoms with Crippen molar-refractivity contribution in [3.8, 4) is 22.4 Å². The van der Waals surface area contributed by atoms with E-state index in [9.17, 15) is 21.8 Å². The first-order valence-electron chi connectivity index (χ1n) is 10.4. The van der Waals surface area contributed by atoms with Crippen LogP contribution in [-0.2, 0) is 36.0 Å². The minimum absolute atomic E-state index is 0.00533. The maximum Gasteiger partial charge on any atom is 0.433 e. The summed E-state index contributed by atoms with van der Waals surface area (Å²) in [5, 5.41) is 4.34. The van der Waals surface area contributed by atoms with Gasteiger partial charge in [-0.3, -0.25) is 4.68 Å². The van der Waals surface area contributed by atoms with E-state index in [-0.39, 0.29) is 29.1 Å². The molecule has 4 aromatic rings. The largest absolute Gasteiger partial charge is 0.433 e. The summed E-state index contributed by atoms with van der Waals surface area (Å²) >= 11 is -2.04. The number of aryl methyl sites for hydroxylation is 2. The molecule has 0 fully saturated rings. The zero-order chi connectivity index (χ0) is 24.3. The van der Waals surface area contributed by atoms with Gasteiger partial charge < -0.3 is 4.55 Å². The molecule has 34 heavy (non-hydrogen) atoms. The van der Waals surface area contributed by atoms with E-state index in [2.05, 4.69) is 5.10 Å². The van der Waals surface area contributed by atoms with Crippen LogP contribution in [0.5, 0.6) is 0 Å². The number of benzene rings is 3. The van der Waals surface area contributed by atoms with Gasteiger partial charge in [-0.15, -0.1) is 0 Å². The molecule has 0 amide bonds. The molecule has 0 spiro atoms. The summed E-state index contributed by atoms with van der Waals surface area (Å²) < 4.78 is 77.7. The molecule has 4 nitrogen and oxygen atoms in total. The molecule has 1 N–H and O–H groups in total. The van der Waals surface area contributed by atoms with Crippen LogP contribution in [-0.4, -0.2) is 18.5 Å². The fourth-order valence-electron chi connectivity index (χ4n) is 3.78. The van der Waals surface area contributed by atoms with Crippen LogP contribution >= 0.6 is 0 Å². The van der Waals surface area contributed by atoms with Gasteiger partial charge in [0.2, 0.25) is 0 Å². The molecule has 0 saturated carbocycles. The molecule has 0 saturated heterocycles. The summed E-state index contributed by atoms with van der Waals surface area (Å²) in [4.78, 5) is 0. The van der Waals surface area contributed by atoms with E-state index in [0.717, 1.165) is 22.4 Å². The van der Waals surface area contributed by atoms with Gasteiger partial charge in [0, 0.05) is 17.7 Å². The minimum Gasteiger partial charge on any atom is -0.306 e. The van der Waals surface area contributed by atoms with Crippen molar-refractivity contribution in [1.82, 2.24) is 9.78 Å². The molecule has 0 aliphatic carbocycles. The zero-order valence-electron chi connectivity index (χ0n) is 17.8. The Bertz CT molecular complexity index is 1290. The van der Waals surface area contributed by atoms with Crippen molar-refractivity contribution in [2.75, 3.05) is 0 Å². The molecule has 0 radical (unpaired) electrons. The number of aromatic nitrogens is 2. The molecule has 1 aromatic heterocycles. The highest BCUT2D eigenvalue weighted by atomic mass is 32.2. The standard InChI is InChI=1S/C25H20F4N2O2S/c26-21-12-10-19(11-13-21)22-23(20-8-6-18(7-9-20)16-34(32)33)30-31(24(22)25(27,28)29)15-14-17-4-2-1-3-5-17/h1-13H,14-16H2,(H,32,33). The first kappa shape index (κ1) is 23.8. The molecule has 176 valence electrons. The van der Waals surface area contributed by atoms with E-state index in [1.54, 1.807) is 24.3 Å². The van der Waals surface area contributed by atoms with Gasteiger partial charge in [-0.25, -0.2) is 8.60 Å². The van der Waals surface area contributed by atoms with Crippen molar-refractivity contribution in [3.63, 3.8) is 0 Å². The molecule has 9 heteroatoms. The fourth-order valence-corrected chi connectivity index (χ4v) is 4.26. The van der Waals surface area contributed by atoms with Gasteiger partial charge in [-0.1, -0.05) is 66.7 Å². The van der Waals surface area contributed by atoms with Gasteiger partial charge in [-0.05, 0) is 35.2 Å². The number of rotatable bonds is 7. The monoisotopic (exact) mass is 488 g/mol. The topological polar surface area (TPSA) is 55.1 Å². The van der Waals surface area contributed by atoms with Crippen LogP contribution in [0.15, 0.2) is 78.9 Å². The van der Waals surface area contributed by atoms with Crippen LogP contribution < -0.4 is 0 Å². The average Bonchev–Trinajstić information content (AvgIpc) is 3.19. The molecule has 0 aliphatic rings. The second-order valence-corrected chi connectivity index (χ2v) is 8.63. The van der Waals surface area contributed by atoms with Crippen molar-refractivity contribution in [2.45, 2.75) is 24.9 Å². The van der Waals surface area contributed by atoms with E-state index in [4.69, 9.17) is 4.55 Å². The molecule has 3 aromatic carbocycles. The van der Waals surface area contributed by atoms with Gasteiger partial charge in [0.15, 0.2) is 16.8 Å². The molecule has 1 atom stereocenters. The molecule has 4 rings (SSSR count). The normalized spacial score (nSPS) is 12.6. The van der Waals surface area contributed by atoms with Crippen LogP contribution in [0.1, 0.15) is 16.8 Å². The van der Waals surface area contributed by atoms with Crippen molar-refractivity contribution in [1.29, 1.82) is 0 Å². The van der Waals surface area contributed by atoms with Crippen molar-refractivity contribution in [2.24, 2.45) is 0 Å². The first-order valence-corrected chi connectivity index (χ1v) is 11.6. The minimum atomic E-state index is -4.71. The van der Waals surface area contributed by atoms with Crippen LogP contribution in [0.2, 0.25) is 0 Å². The maximum atomic E-state index is 14.3. The highest BCUT2D eigenvalue weighted by Crippen LogP contribution is 2.43. The van der Waals surface area contributed by atoms with Crippen molar-refractivity contribution >= 4 is 11.1 Å². The SMILES string of the molecule is O=S(O)Cc1ccc(-c2nn(CCc3ccccc3)c(C(F)(F)F)c2-c2ccc(F)cc2)cc1. The van der Waals surface area contributed by atoms with Gasteiger partial charge in [-0.2, -0.15) is 18.3 Å². The van der Waals surface area contributed by atoms with E-state index in [1.807, 2.05) is 30.3 Å². The molecule has 1 heterocycles. The van der Waals surface area contributed by atoms with Crippen LogP contribution in [0.25, 0.3) is 22.4 Å². The predicted molar refractivity (Wildman–Crippen MR) is 123 cm³/mol. The lowest BCUT2D eigenvalue weighted by Crippen LogP contribution is -2.16. The van der Waals surface area contributed by atoms with Gasteiger partial charge >= 0.3 is 6.18 Å². The third kappa shape index (κ3) is 5.43. The Balaban J connectivity index is 1.85. The lowest BCUT2D eigenvalue weighted by molar-refractivity contribution is -0.143. The molecular formula is C25H20F4N2O2S.